The molecule has 0 fully saturated rings. The highest BCUT2D eigenvalue weighted by molar-refractivity contribution is 9.10. The molecular weight excluding hydrogens is 278 g/mol. The summed E-state index contributed by atoms with van der Waals surface area (Å²) in [5.74, 6) is 0.249. The molecule has 15 heavy (non-hydrogen) atoms. The van der Waals surface area contributed by atoms with Gasteiger partial charge in [-0.05, 0) is 39.7 Å². The summed E-state index contributed by atoms with van der Waals surface area (Å²) in [7, 11) is 0. The molecule has 0 saturated carbocycles. The molecule has 0 spiro atoms. The third-order valence-electron chi connectivity index (χ3n) is 2.06. The van der Waals surface area contributed by atoms with Crippen LogP contribution >= 0.6 is 27.3 Å². The number of nitrogens with one attached hydrogen (secondary N) is 1. The molecule has 0 radical (unpaired) electrons. The Kier molecular flexibility index (Phi) is 5.28. The van der Waals surface area contributed by atoms with Crippen LogP contribution in [-0.4, -0.2) is 24.2 Å². The van der Waals surface area contributed by atoms with Gasteiger partial charge in [-0.1, -0.05) is 6.92 Å². The zero-order chi connectivity index (χ0) is 11.3. The monoisotopic (exact) mass is 291 g/mol. The van der Waals surface area contributed by atoms with Crippen molar-refractivity contribution >= 4 is 33.2 Å². The fraction of sp³-hybridized carbons (Fsp3) is 0.500. The van der Waals surface area contributed by atoms with Gasteiger partial charge in [-0.3, -0.25) is 4.79 Å². The van der Waals surface area contributed by atoms with Gasteiger partial charge in [-0.25, -0.2) is 0 Å². The second-order valence-electron chi connectivity index (χ2n) is 3.43. The molecule has 0 bridgehead atoms. The van der Waals surface area contributed by atoms with Gasteiger partial charge in [0.15, 0.2) is 0 Å². The molecule has 0 saturated heterocycles. The summed E-state index contributed by atoms with van der Waals surface area (Å²) in [6, 6.07) is 1.86. The Morgan fingerprint density at radius 1 is 1.73 bits per heavy atom. The molecule has 5 heteroatoms. The van der Waals surface area contributed by atoms with Crippen LogP contribution in [0, 0.1) is 5.92 Å². The predicted molar refractivity (Wildman–Crippen MR) is 65.2 cm³/mol. The van der Waals surface area contributed by atoms with Crippen molar-refractivity contribution in [2.45, 2.75) is 13.3 Å². The lowest BCUT2D eigenvalue weighted by Gasteiger charge is -2.10. The van der Waals surface area contributed by atoms with Gasteiger partial charge in [0.05, 0.1) is 0 Å². The third kappa shape index (κ3) is 3.93. The standard InChI is InChI=1S/C10H14BrNO2S/c1-7(2-4-13)6-12-10(14)9-8(11)3-5-15-9/h3,5,7,13H,2,4,6H2,1H3,(H,12,14). The number of carbonyl (C=O) groups excluding carboxylic acids is 1. The van der Waals surface area contributed by atoms with Gasteiger partial charge >= 0.3 is 0 Å². The van der Waals surface area contributed by atoms with Crippen molar-refractivity contribution in [3.63, 3.8) is 0 Å². The average molecular weight is 292 g/mol. The molecule has 0 aromatic carbocycles. The topological polar surface area (TPSA) is 49.3 Å². The van der Waals surface area contributed by atoms with E-state index in [4.69, 9.17) is 5.11 Å². The molecule has 0 aliphatic carbocycles. The predicted octanol–water partition coefficient (Wildman–Crippen LogP) is 2.26. The lowest BCUT2D eigenvalue weighted by atomic mass is 10.1. The highest BCUT2D eigenvalue weighted by Crippen LogP contribution is 2.22. The van der Waals surface area contributed by atoms with Crippen LogP contribution in [0.1, 0.15) is 23.0 Å². The Labute approximate surface area is 102 Å². The Morgan fingerprint density at radius 3 is 3.00 bits per heavy atom. The number of hydrogen-bond donors (Lipinski definition) is 2. The summed E-state index contributed by atoms with van der Waals surface area (Å²) >= 11 is 4.73. The number of hydrogen-bond acceptors (Lipinski definition) is 3. The van der Waals surface area contributed by atoms with Crippen LogP contribution in [0.2, 0.25) is 0 Å². The minimum atomic E-state index is -0.0540. The van der Waals surface area contributed by atoms with Crippen molar-refractivity contribution in [2.24, 2.45) is 5.92 Å². The van der Waals surface area contributed by atoms with E-state index in [2.05, 4.69) is 21.2 Å². The average Bonchev–Trinajstić information content (AvgIpc) is 2.61. The van der Waals surface area contributed by atoms with Crippen molar-refractivity contribution in [1.82, 2.24) is 5.32 Å². The Bertz CT molecular complexity index is 327. The van der Waals surface area contributed by atoms with E-state index in [0.717, 1.165) is 4.47 Å². The maximum atomic E-state index is 11.6. The fourth-order valence-corrected chi connectivity index (χ4v) is 2.59. The van der Waals surface area contributed by atoms with Gasteiger partial charge in [0.25, 0.3) is 5.91 Å². The summed E-state index contributed by atoms with van der Waals surface area (Å²) < 4.78 is 0.833. The van der Waals surface area contributed by atoms with Gasteiger partial charge in [0.1, 0.15) is 4.88 Å². The van der Waals surface area contributed by atoms with E-state index in [9.17, 15) is 4.79 Å². The first-order chi connectivity index (χ1) is 7.15. The molecule has 2 N–H and O–H groups in total. The Hall–Kier alpha value is -0.390. The number of halogens is 1. The maximum Gasteiger partial charge on any atom is 0.262 e. The molecule has 1 aromatic rings. The minimum absolute atomic E-state index is 0.0540. The number of rotatable bonds is 5. The lowest BCUT2D eigenvalue weighted by Crippen LogP contribution is -2.28. The number of aliphatic hydroxyl groups excluding tert-OH is 1. The molecule has 3 nitrogen and oxygen atoms in total. The maximum absolute atomic E-state index is 11.6. The van der Waals surface area contributed by atoms with Gasteiger partial charge in [0, 0.05) is 17.6 Å². The quantitative estimate of drug-likeness (QED) is 0.874. The van der Waals surface area contributed by atoms with E-state index in [1.165, 1.54) is 11.3 Å². The van der Waals surface area contributed by atoms with Crippen LogP contribution in [0.5, 0.6) is 0 Å². The summed E-state index contributed by atoms with van der Waals surface area (Å²) in [4.78, 5) is 12.3. The van der Waals surface area contributed by atoms with Crippen LogP contribution < -0.4 is 5.32 Å². The van der Waals surface area contributed by atoms with Crippen molar-refractivity contribution < 1.29 is 9.90 Å². The zero-order valence-corrected chi connectivity index (χ0v) is 10.9. The van der Waals surface area contributed by atoms with E-state index in [1.807, 2.05) is 18.4 Å². The summed E-state index contributed by atoms with van der Waals surface area (Å²) in [5, 5.41) is 13.4. The SMILES string of the molecule is CC(CCO)CNC(=O)c1sccc1Br. The number of thiophene rings is 1. The zero-order valence-electron chi connectivity index (χ0n) is 8.50. The molecule has 1 rings (SSSR count). The highest BCUT2D eigenvalue weighted by Gasteiger charge is 2.11. The first-order valence-corrected chi connectivity index (χ1v) is 6.44. The first kappa shape index (κ1) is 12.7. The fourth-order valence-electron chi connectivity index (χ4n) is 1.13. The van der Waals surface area contributed by atoms with Gasteiger partial charge in [0.2, 0.25) is 0 Å². The number of aliphatic hydroxyl groups is 1. The second kappa shape index (κ2) is 6.25. The van der Waals surface area contributed by atoms with Gasteiger partial charge < -0.3 is 10.4 Å². The van der Waals surface area contributed by atoms with Crippen molar-refractivity contribution in [1.29, 1.82) is 0 Å². The normalized spacial score (nSPS) is 12.5. The van der Waals surface area contributed by atoms with Crippen LogP contribution in [0.4, 0.5) is 0 Å². The summed E-state index contributed by atoms with van der Waals surface area (Å²) in [6.07, 6.45) is 0.714. The van der Waals surface area contributed by atoms with Crippen molar-refractivity contribution in [3.05, 3.63) is 20.8 Å². The minimum Gasteiger partial charge on any atom is -0.396 e. The van der Waals surface area contributed by atoms with Gasteiger partial charge in [-0.15, -0.1) is 11.3 Å². The van der Waals surface area contributed by atoms with E-state index >= 15 is 0 Å². The van der Waals surface area contributed by atoms with Gasteiger partial charge in [-0.2, -0.15) is 0 Å². The van der Waals surface area contributed by atoms with E-state index in [1.54, 1.807) is 0 Å². The van der Waals surface area contributed by atoms with E-state index < -0.39 is 0 Å². The summed E-state index contributed by atoms with van der Waals surface area (Å²) in [5.41, 5.74) is 0. The van der Waals surface area contributed by atoms with Crippen LogP contribution in [0.25, 0.3) is 0 Å². The van der Waals surface area contributed by atoms with Crippen molar-refractivity contribution in [2.75, 3.05) is 13.2 Å². The third-order valence-corrected chi connectivity index (χ3v) is 3.89. The van der Waals surface area contributed by atoms with Crippen molar-refractivity contribution in [3.8, 4) is 0 Å². The van der Waals surface area contributed by atoms with Crippen LogP contribution in [-0.2, 0) is 0 Å². The van der Waals surface area contributed by atoms with E-state index in [0.29, 0.717) is 23.8 Å². The number of amides is 1. The first-order valence-electron chi connectivity index (χ1n) is 4.77. The molecule has 1 heterocycles. The molecule has 1 aromatic heterocycles. The van der Waals surface area contributed by atoms with Crippen LogP contribution in [0.3, 0.4) is 0 Å². The molecule has 1 amide bonds. The smallest absolute Gasteiger partial charge is 0.262 e. The van der Waals surface area contributed by atoms with Crippen LogP contribution in [0.15, 0.2) is 15.9 Å². The Balaban J connectivity index is 2.40. The lowest BCUT2D eigenvalue weighted by molar-refractivity contribution is 0.0949. The second-order valence-corrected chi connectivity index (χ2v) is 5.20. The van der Waals surface area contributed by atoms with E-state index in [-0.39, 0.29) is 12.5 Å². The molecule has 1 atom stereocenters. The highest BCUT2D eigenvalue weighted by atomic mass is 79.9. The summed E-state index contributed by atoms with van der Waals surface area (Å²) in [6.45, 7) is 2.77. The largest absolute Gasteiger partial charge is 0.396 e. The molecule has 0 aliphatic rings. The molecule has 0 aliphatic heterocycles. The Morgan fingerprint density at radius 2 is 2.47 bits per heavy atom. The molecular formula is C10H14BrNO2S. The molecule has 1 unspecified atom stereocenters. The number of carbonyl (C=O) groups is 1. The molecule has 84 valence electrons.